The number of amides is 1. The molecule has 2 atom stereocenters. The summed E-state index contributed by atoms with van der Waals surface area (Å²) in [5.74, 6) is 0.571. The van der Waals surface area contributed by atoms with Crippen LogP contribution < -0.4 is 29.1 Å². The first-order valence-electron chi connectivity index (χ1n) is 25.6. The molecule has 2 aromatic heterocycles. The standard InChI is InChI=1S/C54H66N8O8S/c1-33(2)40-8-5-6-9-41(40)45-10-7-21-62(45)37-28-54(29-37)18-22-61(23-19-54)36-11-12-42(46(25-36)70-48-24-35-15-20-55-50(35)57-52(48)69-38-30-60(4)31-38)51(63)59-71(66,67)39-26-43(58-65)49-47(27-39)68-32-44(56-49)34-13-16-53(3,64)17-14-34/h5-6,8-9,11-12,15,20,24-27,33-34,37-38,44-45,56,64H,7,10,13-14,16-19,21-23,28-32H2,1-4H3,(H,55,57)(H,59,63)/t34?,44?,45-,53?/m1/s1. The van der Waals surface area contributed by atoms with E-state index < -0.39 is 21.5 Å². The number of fused-ring (bicyclic) bond motifs is 2. The summed E-state index contributed by atoms with van der Waals surface area (Å²) in [6.45, 7) is 10.9. The predicted molar refractivity (Wildman–Crippen MR) is 273 cm³/mol. The molecule has 5 aromatic rings. The summed E-state index contributed by atoms with van der Waals surface area (Å²) in [5.41, 5.74) is 4.14. The number of nitroso groups, excluding NO2 is 1. The Morgan fingerprint density at radius 2 is 1.75 bits per heavy atom. The van der Waals surface area contributed by atoms with Crippen molar-refractivity contribution < 1.29 is 32.5 Å². The number of aromatic nitrogens is 2. The fraction of sp³-hybridized carbons (Fsp3) is 0.519. The zero-order valence-electron chi connectivity index (χ0n) is 41.2. The number of pyridine rings is 1. The third kappa shape index (κ3) is 9.46. The fourth-order valence-electron chi connectivity index (χ4n) is 12.4. The van der Waals surface area contributed by atoms with E-state index in [1.165, 1.54) is 42.9 Å². The van der Waals surface area contributed by atoms with Gasteiger partial charge >= 0.3 is 0 Å². The van der Waals surface area contributed by atoms with Crippen molar-refractivity contribution in [1.29, 1.82) is 0 Å². The zero-order chi connectivity index (χ0) is 49.2. The van der Waals surface area contributed by atoms with Gasteiger partial charge in [0.05, 0.1) is 22.1 Å². The van der Waals surface area contributed by atoms with Crippen LogP contribution in [0.4, 0.5) is 17.1 Å². The third-order valence-corrected chi connectivity index (χ3v) is 17.9. The van der Waals surface area contributed by atoms with Crippen LogP contribution in [0, 0.1) is 16.2 Å². The smallest absolute Gasteiger partial charge is 0.268 e. The maximum Gasteiger partial charge on any atom is 0.268 e. The number of benzene rings is 3. The lowest BCUT2D eigenvalue weighted by molar-refractivity contribution is -0.0227. The number of likely N-dealkylation sites (tertiary alicyclic amines) is 2. The lowest BCUT2D eigenvalue weighted by Gasteiger charge is -2.56. The molecule has 0 bridgehead atoms. The minimum atomic E-state index is -4.58. The molecule has 376 valence electrons. The van der Waals surface area contributed by atoms with Crippen LogP contribution in [0.15, 0.2) is 83.0 Å². The van der Waals surface area contributed by atoms with Gasteiger partial charge in [0.25, 0.3) is 21.8 Å². The Labute approximate surface area is 415 Å². The van der Waals surface area contributed by atoms with E-state index in [1.54, 1.807) is 12.3 Å². The molecule has 6 heterocycles. The molecule has 16 nitrogen and oxygen atoms in total. The molecule has 3 saturated heterocycles. The monoisotopic (exact) mass is 986 g/mol. The number of nitrogens with one attached hydrogen (secondary N) is 3. The number of aliphatic hydroxyl groups is 1. The summed E-state index contributed by atoms with van der Waals surface area (Å²) in [5, 5.41) is 17.8. The molecule has 1 spiro atoms. The van der Waals surface area contributed by atoms with Gasteiger partial charge in [-0.2, -0.15) is 4.98 Å². The van der Waals surface area contributed by atoms with Crippen LogP contribution in [-0.4, -0.2) is 109 Å². The number of sulfonamides is 1. The van der Waals surface area contributed by atoms with Crippen LogP contribution >= 0.6 is 0 Å². The molecule has 1 amide bonds. The van der Waals surface area contributed by atoms with Crippen LogP contribution in [0.2, 0.25) is 0 Å². The van der Waals surface area contributed by atoms with Gasteiger partial charge in [0.2, 0.25) is 0 Å². The van der Waals surface area contributed by atoms with Crippen LogP contribution in [0.3, 0.4) is 0 Å². The minimum absolute atomic E-state index is 0.0192. The van der Waals surface area contributed by atoms with Gasteiger partial charge in [-0.15, -0.1) is 4.91 Å². The Hall–Kier alpha value is -5.75. The molecule has 5 fully saturated rings. The second-order valence-corrected chi connectivity index (χ2v) is 23.6. The van der Waals surface area contributed by atoms with E-state index in [-0.39, 0.29) is 69.4 Å². The zero-order valence-corrected chi connectivity index (χ0v) is 42.0. The number of carbonyl (C=O) groups excluding carboxylic acids is 1. The van der Waals surface area contributed by atoms with Crippen molar-refractivity contribution in [3.8, 4) is 23.1 Å². The number of anilines is 2. The van der Waals surface area contributed by atoms with Gasteiger partial charge in [0, 0.05) is 67.7 Å². The SMILES string of the molecule is CC(C)c1ccccc1[C@H]1CCCN1C1CC2(CCN(c3ccc(C(=O)NS(=O)(=O)c4cc(N=O)c5c(c4)OCC(C4CCC(C)(O)CC4)N5)c(Oc4cc5cc[nH]c5nc4OC4CN(C)C4)c3)CC2)C1. The molecule has 3 aromatic carbocycles. The van der Waals surface area contributed by atoms with Crippen LogP contribution in [0.25, 0.3) is 11.0 Å². The molecule has 4 N–H and O–H groups in total. The van der Waals surface area contributed by atoms with E-state index in [0.29, 0.717) is 55.3 Å². The molecular weight excluding hydrogens is 921 g/mol. The number of H-pyrrole nitrogens is 1. The fourth-order valence-corrected chi connectivity index (χ4v) is 13.4. The molecule has 11 rings (SSSR count). The second kappa shape index (κ2) is 18.7. The number of aromatic amines is 1. The molecule has 4 aliphatic heterocycles. The molecule has 6 aliphatic rings. The summed E-state index contributed by atoms with van der Waals surface area (Å²) in [6, 6.07) is 21.3. The number of hydrogen-bond donors (Lipinski definition) is 4. The molecule has 71 heavy (non-hydrogen) atoms. The van der Waals surface area contributed by atoms with Gasteiger partial charge < -0.3 is 34.5 Å². The van der Waals surface area contributed by atoms with Crippen molar-refractivity contribution in [1.82, 2.24) is 24.5 Å². The van der Waals surface area contributed by atoms with Crippen LogP contribution in [0.1, 0.15) is 118 Å². The third-order valence-electron chi connectivity index (χ3n) is 16.6. The average Bonchev–Trinajstić information content (AvgIpc) is 4.02. The molecule has 17 heteroatoms. The number of carbonyl (C=O) groups is 1. The predicted octanol–water partition coefficient (Wildman–Crippen LogP) is 9.39. The van der Waals surface area contributed by atoms with Gasteiger partial charge in [0.15, 0.2) is 5.75 Å². The highest BCUT2D eigenvalue weighted by Crippen LogP contribution is 2.54. The molecular formula is C54H66N8O8S. The van der Waals surface area contributed by atoms with Crippen molar-refractivity contribution in [3.63, 3.8) is 0 Å². The first-order valence-corrected chi connectivity index (χ1v) is 27.1. The molecule has 0 radical (unpaired) electrons. The number of rotatable bonds is 13. The Balaban J connectivity index is 0.834. The van der Waals surface area contributed by atoms with Crippen molar-refractivity contribution in [2.45, 2.75) is 126 Å². The van der Waals surface area contributed by atoms with Crippen molar-refractivity contribution in [3.05, 3.63) is 94.5 Å². The van der Waals surface area contributed by atoms with Crippen molar-refractivity contribution in [2.24, 2.45) is 16.5 Å². The number of hydrogen-bond acceptors (Lipinski definition) is 14. The molecule has 2 saturated carbocycles. The lowest BCUT2D eigenvalue weighted by atomic mass is 9.59. The summed E-state index contributed by atoms with van der Waals surface area (Å²) in [4.78, 5) is 41.5. The van der Waals surface area contributed by atoms with E-state index in [1.807, 2.05) is 38.2 Å². The highest BCUT2D eigenvalue weighted by molar-refractivity contribution is 7.90. The average molecular weight is 987 g/mol. The highest BCUT2D eigenvalue weighted by Gasteiger charge is 2.50. The van der Waals surface area contributed by atoms with Gasteiger partial charge in [-0.1, -0.05) is 38.1 Å². The summed E-state index contributed by atoms with van der Waals surface area (Å²) >= 11 is 0. The topological polar surface area (TPSA) is 191 Å². The van der Waals surface area contributed by atoms with Gasteiger partial charge in [-0.25, -0.2) is 13.1 Å². The number of nitrogens with zero attached hydrogens (tertiary/aromatic N) is 5. The van der Waals surface area contributed by atoms with E-state index in [4.69, 9.17) is 19.2 Å². The first kappa shape index (κ1) is 47.6. The first-order chi connectivity index (χ1) is 34.1. The maximum atomic E-state index is 14.4. The van der Waals surface area contributed by atoms with Gasteiger partial charge in [0.1, 0.15) is 41.2 Å². The summed E-state index contributed by atoms with van der Waals surface area (Å²) in [6.07, 6.45) is 11.4. The number of piperidine rings is 1. The van der Waals surface area contributed by atoms with Crippen LogP contribution in [-0.2, 0) is 10.0 Å². The second-order valence-electron chi connectivity index (χ2n) is 21.9. The van der Waals surface area contributed by atoms with E-state index in [2.05, 4.69) is 73.0 Å². The van der Waals surface area contributed by atoms with Gasteiger partial charge in [-0.3, -0.25) is 14.6 Å². The molecule has 2 aliphatic carbocycles. The Morgan fingerprint density at radius 3 is 2.49 bits per heavy atom. The van der Waals surface area contributed by atoms with Crippen LogP contribution in [0.5, 0.6) is 23.1 Å². The van der Waals surface area contributed by atoms with Crippen molar-refractivity contribution >= 4 is 44.0 Å². The number of likely N-dealkylation sites (N-methyl/N-ethyl adjacent to an activating group) is 1. The Bertz CT molecular complexity index is 2930. The Morgan fingerprint density at radius 1 is 0.972 bits per heavy atom. The largest absolute Gasteiger partial charge is 0.489 e. The van der Waals surface area contributed by atoms with Gasteiger partial charge in [-0.05, 0) is 149 Å². The lowest BCUT2D eigenvalue weighted by Crippen LogP contribution is -2.55. The van der Waals surface area contributed by atoms with Crippen molar-refractivity contribution in [2.75, 3.05) is 56.6 Å². The quantitative estimate of drug-likeness (QED) is 0.0817. The van der Waals surface area contributed by atoms with E-state index in [9.17, 15) is 23.2 Å². The van der Waals surface area contributed by atoms with E-state index in [0.717, 1.165) is 62.5 Å². The normalized spacial score (nSPS) is 25.0. The number of ether oxygens (including phenoxy) is 3. The summed E-state index contributed by atoms with van der Waals surface area (Å²) in [7, 11) is -2.57. The Kier molecular flexibility index (Phi) is 12.5. The highest BCUT2D eigenvalue weighted by atomic mass is 32.2. The van der Waals surface area contributed by atoms with E-state index >= 15 is 0 Å². The maximum absolute atomic E-state index is 14.4. The molecule has 1 unspecified atom stereocenters. The minimum Gasteiger partial charge on any atom is -0.489 e. The summed E-state index contributed by atoms with van der Waals surface area (Å²) < 4.78 is 49.7.